The quantitative estimate of drug-likeness (QED) is 0.759. The van der Waals surface area contributed by atoms with Gasteiger partial charge in [-0.05, 0) is 60.7 Å². The molecule has 0 saturated carbocycles. The number of aryl methyl sites for hydroxylation is 1. The van der Waals surface area contributed by atoms with Gasteiger partial charge in [-0.3, -0.25) is 4.79 Å². The second-order valence-corrected chi connectivity index (χ2v) is 8.15. The number of fused-ring (bicyclic) bond motifs is 1. The maximum absolute atomic E-state index is 12.5. The first-order valence-corrected chi connectivity index (χ1v) is 10.0. The lowest BCUT2D eigenvalue weighted by molar-refractivity contribution is -0.116. The van der Waals surface area contributed by atoms with E-state index in [0.717, 1.165) is 16.8 Å². The molecular formula is C19H22N2O4S. The molecule has 2 N–H and O–H groups in total. The SMILES string of the molecule is CC(=O)N1CCc2cc(S(=O)(=O)NCCCc3cccc(O)c3)ccc21. The van der Waals surface area contributed by atoms with Crippen LogP contribution in [-0.4, -0.2) is 32.5 Å². The number of carbonyl (C=O) groups excluding carboxylic acids is 1. The minimum atomic E-state index is -3.59. The molecule has 26 heavy (non-hydrogen) atoms. The molecule has 3 rings (SSSR count). The Bertz CT molecular complexity index is 925. The zero-order valence-electron chi connectivity index (χ0n) is 14.6. The third kappa shape index (κ3) is 4.05. The first-order chi connectivity index (χ1) is 12.4. The lowest BCUT2D eigenvalue weighted by Gasteiger charge is -2.15. The molecule has 0 unspecified atom stereocenters. The number of aromatic hydroxyl groups is 1. The summed E-state index contributed by atoms with van der Waals surface area (Å²) in [5.74, 6) is 0.172. The number of nitrogens with one attached hydrogen (secondary N) is 1. The van der Waals surface area contributed by atoms with Crippen LogP contribution >= 0.6 is 0 Å². The van der Waals surface area contributed by atoms with Gasteiger partial charge in [0.05, 0.1) is 4.90 Å². The molecule has 0 radical (unpaired) electrons. The molecule has 1 heterocycles. The molecule has 0 saturated heterocycles. The van der Waals surface area contributed by atoms with Crippen LogP contribution in [0.5, 0.6) is 5.75 Å². The van der Waals surface area contributed by atoms with Gasteiger partial charge in [0.15, 0.2) is 0 Å². The average molecular weight is 374 g/mol. The van der Waals surface area contributed by atoms with E-state index in [4.69, 9.17) is 0 Å². The van der Waals surface area contributed by atoms with Crippen LogP contribution in [0.4, 0.5) is 5.69 Å². The van der Waals surface area contributed by atoms with E-state index < -0.39 is 10.0 Å². The monoisotopic (exact) mass is 374 g/mol. The lowest BCUT2D eigenvalue weighted by atomic mass is 10.1. The summed E-state index contributed by atoms with van der Waals surface area (Å²) in [4.78, 5) is 13.5. The topological polar surface area (TPSA) is 86.7 Å². The molecule has 2 aromatic carbocycles. The maximum Gasteiger partial charge on any atom is 0.240 e. The minimum Gasteiger partial charge on any atom is -0.508 e. The Morgan fingerprint density at radius 1 is 1.23 bits per heavy atom. The van der Waals surface area contributed by atoms with Crippen molar-refractivity contribution in [3.63, 3.8) is 0 Å². The van der Waals surface area contributed by atoms with Crippen LogP contribution < -0.4 is 9.62 Å². The van der Waals surface area contributed by atoms with E-state index in [2.05, 4.69) is 4.72 Å². The number of nitrogens with zero attached hydrogens (tertiary/aromatic N) is 1. The first-order valence-electron chi connectivity index (χ1n) is 8.55. The molecule has 0 aromatic heterocycles. The number of anilines is 1. The summed E-state index contributed by atoms with van der Waals surface area (Å²) < 4.78 is 27.6. The molecule has 0 bridgehead atoms. The number of benzene rings is 2. The number of amides is 1. The van der Waals surface area contributed by atoms with Crippen LogP contribution in [0.25, 0.3) is 0 Å². The maximum atomic E-state index is 12.5. The highest BCUT2D eigenvalue weighted by Gasteiger charge is 2.24. The summed E-state index contributed by atoms with van der Waals surface area (Å²) >= 11 is 0. The summed E-state index contributed by atoms with van der Waals surface area (Å²) in [7, 11) is -3.59. The van der Waals surface area contributed by atoms with Gasteiger partial charge in [0, 0.05) is 25.7 Å². The standard InChI is InChI=1S/C19H22N2O4S/c1-14(22)21-11-9-16-13-18(7-8-19(16)21)26(24,25)20-10-3-5-15-4-2-6-17(23)12-15/h2,4,6-8,12-13,20,23H,3,5,9-11H2,1H3. The molecule has 0 aliphatic carbocycles. The van der Waals surface area contributed by atoms with Crippen molar-refractivity contribution in [2.45, 2.75) is 31.1 Å². The summed E-state index contributed by atoms with van der Waals surface area (Å²) in [6.07, 6.45) is 1.97. The van der Waals surface area contributed by atoms with E-state index in [1.165, 1.54) is 13.0 Å². The average Bonchev–Trinajstić information content (AvgIpc) is 3.02. The predicted octanol–water partition coefficient (Wildman–Crippen LogP) is 2.21. The largest absolute Gasteiger partial charge is 0.508 e. The van der Waals surface area contributed by atoms with Gasteiger partial charge >= 0.3 is 0 Å². The van der Waals surface area contributed by atoms with E-state index in [0.29, 0.717) is 32.4 Å². The zero-order valence-corrected chi connectivity index (χ0v) is 15.4. The number of sulfonamides is 1. The Balaban J connectivity index is 1.61. The highest BCUT2D eigenvalue weighted by molar-refractivity contribution is 7.89. The van der Waals surface area contributed by atoms with Crippen LogP contribution in [0.1, 0.15) is 24.5 Å². The molecule has 0 atom stereocenters. The van der Waals surface area contributed by atoms with E-state index in [1.807, 2.05) is 6.07 Å². The molecule has 1 amide bonds. The van der Waals surface area contributed by atoms with Gasteiger partial charge in [0.25, 0.3) is 0 Å². The molecule has 0 fully saturated rings. The molecule has 6 nitrogen and oxygen atoms in total. The number of hydrogen-bond acceptors (Lipinski definition) is 4. The van der Waals surface area contributed by atoms with Crippen LogP contribution in [0.3, 0.4) is 0 Å². The summed E-state index contributed by atoms with van der Waals surface area (Å²) in [6.45, 7) is 2.41. The normalized spacial score (nSPS) is 13.7. The fourth-order valence-corrected chi connectivity index (χ4v) is 4.29. The van der Waals surface area contributed by atoms with Crippen molar-refractivity contribution in [3.05, 3.63) is 53.6 Å². The summed E-state index contributed by atoms with van der Waals surface area (Å²) in [5, 5.41) is 9.44. The van der Waals surface area contributed by atoms with E-state index in [9.17, 15) is 18.3 Å². The van der Waals surface area contributed by atoms with Crippen molar-refractivity contribution < 1.29 is 18.3 Å². The van der Waals surface area contributed by atoms with Crippen LogP contribution in [-0.2, 0) is 27.7 Å². The molecule has 0 spiro atoms. The smallest absolute Gasteiger partial charge is 0.240 e. The third-order valence-corrected chi connectivity index (χ3v) is 5.94. The number of phenolic OH excluding ortho intramolecular Hbond substituents is 1. The number of rotatable bonds is 6. The zero-order chi connectivity index (χ0) is 18.7. The second kappa shape index (κ2) is 7.47. The van der Waals surface area contributed by atoms with Crippen LogP contribution in [0.15, 0.2) is 47.4 Å². The Labute approximate surface area is 153 Å². The van der Waals surface area contributed by atoms with Crippen molar-refractivity contribution in [2.75, 3.05) is 18.0 Å². The Morgan fingerprint density at radius 2 is 2.04 bits per heavy atom. The van der Waals surface area contributed by atoms with Gasteiger partial charge in [0.1, 0.15) is 5.75 Å². The van der Waals surface area contributed by atoms with Crippen molar-refractivity contribution in [1.82, 2.24) is 4.72 Å². The first kappa shape index (κ1) is 18.4. The lowest BCUT2D eigenvalue weighted by Crippen LogP contribution is -2.26. The Hall–Kier alpha value is -2.38. The summed E-state index contributed by atoms with van der Waals surface area (Å²) in [6, 6.07) is 11.8. The summed E-state index contributed by atoms with van der Waals surface area (Å²) in [5.41, 5.74) is 2.63. The van der Waals surface area contributed by atoms with Crippen molar-refractivity contribution in [1.29, 1.82) is 0 Å². The van der Waals surface area contributed by atoms with Crippen LogP contribution in [0.2, 0.25) is 0 Å². The van der Waals surface area contributed by atoms with Crippen molar-refractivity contribution in [3.8, 4) is 5.75 Å². The van der Waals surface area contributed by atoms with Gasteiger partial charge in [0.2, 0.25) is 15.9 Å². The van der Waals surface area contributed by atoms with E-state index in [-0.39, 0.29) is 16.6 Å². The molecule has 2 aromatic rings. The number of hydrogen-bond donors (Lipinski definition) is 2. The van der Waals surface area contributed by atoms with Gasteiger partial charge in [-0.1, -0.05) is 12.1 Å². The van der Waals surface area contributed by atoms with Gasteiger partial charge in [-0.2, -0.15) is 0 Å². The fraction of sp³-hybridized carbons (Fsp3) is 0.316. The molecular weight excluding hydrogens is 352 g/mol. The van der Waals surface area contributed by atoms with Gasteiger partial charge in [-0.15, -0.1) is 0 Å². The Morgan fingerprint density at radius 3 is 2.77 bits per heavy atom. The van der Waals surface area contributed by atoms with Crippen molar-refractivity contribution >= 4 is 21.6 Å². The second-order valence-electron chi connectivity index (χ2n) is 6.38. The van der Waals surface area contributed by atoms with E-state index in [1.54, 1.807) is 35.2 Å². The fourth-order valence-electron chi connectivity index (χ4n) is 3.17. The molecule has 1 aliphatic rings. The van der Waals surface area contributed by atoms with Gasteiger partial charge in [-0.25, -0.2) is 13.1 Å². The number of phenols is 1. The number of carbonyl (C=O) groups is 1. The van der Waals surface area contributed by atoms with E-state index >= 15 is 0 Å². The third-order valence-electron chi connectivity index (χ3n) is 4.48. The van der Waals surface area contributed by atoms with Gasteiger partial charge < -0.3 is 10.0 Å². The Kier molecular flexibility index (Phi) is 5.29. The molecule has 138 valence electrons. The highest BCUT2D eigenvalue weighted by atomic mass is 32.2. The highest BCUT2D eigenvalue weighted by Crippen LogP contribution is 2.30. The van der Waals surface area contributed by atoms with Crippen LogP contribution in [0, 0.1) is 0 Å². The minimum absolute atomic E-state index is 0.0376. The molecule has 1 aliphatic heterocycles. The molecule has 7 heteroatoms. The van der Waals surface area contributed by atoms with Crippen molar-refractivity contribution in [2.24, 2.45) is 0 Å². The predicted molar refractivity (Wildman–Crippen MR) is 99.8 cm³/mol.